The molecule has 0 fully saturated rings. The monoisotopic (exact) mass is 240 g/mol. The predicted molar refractivity (Wildman–Crippen MR) is 66.7 cm³/mol. The summed E-state index contributed by atoms with van der Waals surface area (Å²) in [5, 5.41) is 0. The lowest BCUT2D eigenvalue weighted by Crippen LogP contribution is -2.19. The molecule has 0 aliphatic heterocycles. The van der Waals surface area contributed by atoms with Crippen LogP contribution in [0.2, 0.25) is 0 Å². The summed E-state index contributed by atoms with van der Waals surface area (Å²) in [6.07, 6.45) is 1.61. The second-order valence-electron chi connectivity index (χ2n) is 3.33. The fourth-order valence-electron chi connectivity index (χ4n) is 1.15. The molecule has 0 bridgehead atoms. The van der Waals surface area contributed by atoms with Crippen molar-refractivity contribution in [3.8, 4) is 5.75 Å². The summed E-state index contributed by atoms with van der Waals surface area (Å²) < 4.78 is 10.8. The minimum absolute atomic E-state index is 0.00238. The van der Waals surface area contributed by atoms with Gasteiger partial charge in [0.15, 0.2) is 0 Å². The van der Waals surface area contributed by atoms with E-state index in [1.165, 1.54) is 0 Å². The van der Waals surface area contributed by atoms with Gasteiger partial charge in [-0.3, -0.25) is 0 Å². The summed E-state index contributed by atoms with van der Waals surface area (Å²) in [6.45, 7) is 5.14. The van der Waals surface area contributed by atoms with Crippen molar-refractivity contribution in [1.82, 2.24) is 4.98 Å². The Balaban J connectivity index is 2.51. The van der Waals surface area contributed by atoms with Gasteiger partial charge in [0.05, 0.1) is 18.5 Å². The van der Waals surface area contributed by atoms with Crippen LogP contribution in [0.4, 0.5) is 0 Å². The van der Waals surface area contributed by atoms with Crippen molar-refractivity contribution in [2.24, 2.45) is 5.73 Å². The Morgan fingerprint density at radius 2 is 2.31 bits per heavy atom. The van der Waals surface area contributed by atoms with E-state index >= 15 is 0 Å². The highest BCUT2D eigenvalue weighted by atomic mass is 32.1. The molecule has 16 heavy (non-hydrogen) atoms. The maximum atomic E-state index is 5.58. The Morgan fingerprint density at radius 3 is 2.81 bits per heavy atom. The fraction of sp³-hybridized carbons (Fsp3) is 0.455. The highest BCUT2D eigenvalue weighted by Crippen LogP contribution is 2.11. The van der Waals surface area contributed by atoms with Gasteiger partial charge in [-0.2, -0.15) is 0 Å². The van der Waals surface area contributed by atoms with Gasteiger partial charge < -0.3 is 15.2 Å². The van der Waals surface area contributed by atoms with E-state index in [0.29, 0.717) is 24.7 Å². The van der Waals surface area contributed by atoms with E-state index in [1.54, 1.807) is 18.3 Å². The van der Waals surface area contributed by atoms with Gasteiger partial charge in [-0.25, -0.2) is 4.98 Å². The van der Waals surface area contributed by atoms with E-state index in [4.69, 9.17) is 27.4 Å². The van der Waals surface area contributed by atoms with Crippen LogP contribution in [0.5, 0.6) is 5.75 Å². The van der Waals surface area contributed by atoms with Gasteiger partial charge in [0.2, 0.25) is 0 Å². The molecule has 2 N–H and O–H groups in total. The molecular formula is C11H16N2O2S. The topological polar surface area (TPSA) is 57.4 Å². The number of ether oxygens (including phenoxy) is 2. The summed E-state index contributed by atoms with van der Waals surface area (Å²) in [6, 6.07) is 3.54. The Hall–Kier alpha value is -1.20. The molecule has 0 saturated carbocycles. The Kier molecular flexibility index (Phi) is 5.14. The van der Waals surface area contributed by atoms with Gasteiger partial charge in [-0.15, -0.1) is 0 Å². The number of thiocarbonyl (C=S) groups is 1. The molecule has 0 radical (unpaired) electrons. The molecule has 0 aliphatic carbocycles. The fourth-order valence-corrected chi connectivity index (χ4v) is 1.27. The van der Waals surface area contributed by atoms with Gasteiger partial charge in [0.25, 0.3) is 0 Å². The first-order valence-electron chi connectivity index (χ1n) is 5.13. The maximum absolute atomic E-state index is 5.58. The largest absolute Gasteiger partial charge is 0.487 e. The molecule has 0 saturated heterocycles. The number of hydrogen-bond acceptors (Lipinski definition) is 4. The molecule has 0 aliphatic rings. The van der Waals surface area contributed by atoms with Crippen molar-refractivity contribution in [1.29, 1.82) is 0 Å². The quantitative estimate of drug-likeness (QED) is 0.764. The normalized spacial score (nSPS) is 12.1. The molecule has 1 atom stereocenters. The average Bonchev–Trinajstić information content (AvgIpc) is 2.27. The van der Waals surface area contributed by atoms with Crippen molar-refractivity contribution >= 4 is 17.2 Å². The smallest absolute Gasteiger partial charge is 0.138 e. The minimum Gasteiger partial charge on any atom is -0.487 e. The highest BCUT2D eigenvalue weighted by molar-refractivity contribution is 7.80. The van der Waals surface area contributed by atoms with Crippen molar-refractivity contribution < 1.29 is 9.47 Å². The second kappa shape index (κ2) is 6.40. The van der Waals surface area contributed by atoms with Gasteiger partial charge in [-0.1, -0.05) is 12.2 Å². The Morgan fingerprint density at radius 1 is 1.56 bits per heavy atom. The number of hydrogen-bond donors (Lipinski definition) is 1. The van der Waals surface area contributed by atoms with Gasteiger partial charge >= 0.3 is 0 Å². The molecule has 4 nitrogen and oxygen atoms in total. The van der Waals surface area contributed by atoms with Gasteiger partial charge in [0.1, 0.15) is 16.8 Å². The molecule has 88 valence electrons. The predicted octanol–water partition coefficient (Wildman–Crippen LogP) is 1.52. The van der Waals surface area contributed by atoms with Crippen molar-refractivity contribution in [3.05, 3.63) is 24.0 Å². The summed E-state index contributed by atoms with van der Waals surface area (Å²) in [7, 11) is 0. The van der Waals surface area contributed by atoms with E-state index < -0.39 is 0 Å². The number of nitrogens with zero attached hydrogens (tertiary/aromatic N) is 1. The SMILES string of the molecule is CCOCC(C)Oc1ccc(C(N)=S)nc1. The Bertz CT molecular complexity index is 340. The van der Waals surface area contributed by atoms with Crippen LogP contribution in [0.25, 0.3) is 0 Å². The lowest BCUT2D eigenvalue weighted by atomic mass is 10.3. The lowest BCUT2D eigenvalue weighted by molar-refractivity contribution is 0.0655. The molecule has 1 rings (SSSR count). The van der Waals surface area contributed by atoms with Crippen LogP contribution in [-0.4, -0.2) is 29.3 Å². The lowest BCUT2D eigenvalue weighted by Gasteiger charge is -2.14. The summed E-state index contributed by atoms with van der Waals surface area (Å²) in [5.74, 6) is 0.687. The number of pyridine rings is 1. The summed E-state index contributed by atoms with van der Waals surface area (Å²) >= 11 is 4.80. The third-order valence-corrected chi connectivity index (χ3v) is 2.09. The van der Waals surface area contributed by atoms with Crippen molar-refractivity contribution in [2.75, 3.05) is 13.2 Å². The van der Waals surface area contributed by atoms with Crippen molar-refractivity contribution in [2.45, 2.75) is 20.0 Å². The molecule has 0 aromatic carbocycles. The second-order valence-corrected chi connectivity index (χ2v) is 3.77. The molecule has 1 aromatic rings. The molecule has 0 spiro atoms. The van der Waals surface area contributed by atoms with Crippen molar-refractivity contribution in [3.63, 3.8) is 0 Å². The summed E-state index contributed by atoms with van der Waals surface area (Å²) in [5.41, 5.74) is 6.04. The van der Waals surface area contributed by atoms with E-state index in [9.17, 15) is 0 Å². The van der Waals surface area contributed by atoms with Crippen LogP contribution in [0.15, 0.2) is 18.3 Å². The van der Waals surface area contributed by atoms with Crippen LogP contribution in [0.3, 0.4) is 0 Å². The van der Waals surface area contributed by atoms with E-state index in [1.807, 2.05) is 13.8 Å². The van der Waals surface area contributed by atoms with Crippen LogP contribution in [-0.2, 0) is 4.74 Å². The van der Waals surface area contributed by atoms with E-state index in [2.05, 4.69) is 4.98 Å². The summed E-state index contributed by atoms with van der Waals surface area (Å²) in [4.78, 5) is 4.37. The molecule has 5 heteroatoms. The minimum atomic E-state index is -0.00238. The highest BCUT2D eigenvalue weighted by Gasteiger charge is 2.04. The zero-order valence-corrected chi connectivity index (χ0v) is 10.3. The van der Waals surface area contributed by atoms with Crippen LogP contribution in [0.1, 0.15) is 19.5 Å². The zero-order valence-electron chi connectivity index (χ0n) is 9.47. The van der Waals surface area contributed by atoms with Crippen LogP contribution < -0.4 is 10.5 Å². The molecule has 1 aromatic heterocycles. The maximum Gasteiger partial charge on any atom is 0.138 e. The third-order valence-electron chi connectivity index (χ3n) is 1.88. The number of nitrogens with two attached hydrogens (primary N) is 1. The molecule has 1 heterocycles. The first-order valence-corrected chi connectivity index (χ1v) is 5.54. The zero-order chi connectivity index (χ0) is 12.0. The number of aromatic nitrogens is 1. The van der Waals surface area contributed by atoms with Gasteiger partial charge in [-0.05, 0) is 26.0 Å². The van der Waals surface area contributed by atoms with Crippen LogP contribution >= 0.6 is 12.2 Å². The van der Waals surface area contributed by atoms with E-state index in [0.717, 1.165) is 0 Å². The van der Waals surface area contributed by atoms with Crippen LogP contribution in [0, 0.1) is 0 Å². The Labute approximate surface area is 101 Å². The molecule has 0 amide bonds. The molecule has 1 unspecified atom stereocenters. The van der Waals surface area contributed by atoms with Gasteiger partial charge in [0, 0.05) is 6.61 Å². The first kappa shape index (κ1) is 12.9. The number of rotatable bonds is 6. The molecular weight excluding hydrogens is 224 g/mol. The first-order chi connectivity index (χ1) is 7.63. The third kappa shape index (κ3) is 4.12. The van der Waals surface area contributed by atoms with E-state index in [-0.39, 0.29) is 11.1 Å². The average molecular weight is 240 g/mol. The standard InChI is InChI=1S/C11H16N2O2S/c1-3-14-7-8(2)15-9-4-5-10(11(12)16)13-6-9/h4-6,8H,3,7H2,1-2H3,(H2,12,16).